The smallest absolute Gasteiger partial charge is 0.337 e. The lowest BCUT2D eigenvalue weighted by Crippen LogP contribution is -2.22. The van der Waals surface area contributed by atoms with Crippen molar-refractivity contribution in [3.63, 3.8) is 0 Å². The predicted octanol–water partition coefficient (Wildman–Crippen LogP) is 1.45. The number of rotatable bonds is 4. The summed E-state index contributed by atoms with van der Waals surface area (Å²) in [5.74, 6) is -1.49. The van der Waals surface area contributed by atoms with Gasteiger partial charge in [0.05, 0.1) is 30.0 Å². The SMILES string of the molecule is COC(=O)Cn1c(=NC(=O)c2cc(C)n(C)n2)sc2cc(C(=O)OC)ccc21. The first-order valence-corrected chi connectivity index (χ1v) is 9.04. The number of aromatic nitrogens is 3. The van der Waals surface area contributed by atoms with E-state index in [1.807, 2.05) is 6.92 Å². The zero-order valence-corrected chi connectivity index (χ0v) is 16.6. The molecule has 0 saturated heterocycles. The van der Waals surface area contributed by atoms with Crippen molar-refractivity contribution in [2.24, 2.45) is 12.0 Å². The molecule has 28 heavy (non-hydrogen) atoms. The van der Waals surface area contributed by atoms with Crippen LogP contribution < -0.4 is 4.80 Å². The van der Waals surface area contributed by atoms with E-state index in [4.69, 9.17) is 9.47 Å². The van der Waals surface area contributed by atoms with Gasteiger partial charge in [0, 0.05) is 12.7 Å². The van der Waals surface area contributed by atoms with Crippen molar-refractivity contribution in [3.05, 3.63) is 46.0 Å². The van der Waals surface area contributed by atoms with Crippen LogP contribution in [-0.2, 0) is 27.9 Å². The molecule has 3 aromatic rings. The minimum absolute atomic E-state index is 0.124. The number of nitrogens with zero attached hydrogens (tertiary/aromatic N) is 4. The van der Waals surface area contributed by atoms with Gasteiger partial charge in [-0.25, -0.2) is 4.79 Å². The van der Waals surface area contributed by atoms with Crippen molar-refractivity contribution < 1.29 is 23.9 Å². The number of fused-ring (bicyclic) bond motifs is 1. The summed E-state index contributed by atoms with van der Waals surface area (Å²) in [5.41, 5.74) is 2.03. The Morgan fingerprint density at radius 1 is 1.18 bits per heavy atom. The molecule has 1 amide bonds. The molecular formula is C18H18N4O5S. The van der Waals surface area contributed by atoms with Crippen molar-refractivity contribution in [2.75, 3.05) is 14.2 Å². The number of hydrogen-bond donors (Lipinski definition) is 0. The van der Waals surface area contributed by atoms with E-state index in [-0.39, 0.29) is 12.2 Å². The van der Waals surface area contributed by atoms with E-state index in [0.29, 0.717) is 20.6 Å². The van der Waals surface area contributed by atoms with E-state index in [0.717, 1.165) is 5.69 Å². The van der Waals surface area contributed by atoms with Crippen LogP contribution >= 0.6 is 11.3 Å². The van der Waals surface area contributed by atoms with Crippen LogP contribution in [-0.4, -0.2) is 46.4 Å². The molecule has 146 valence electrons. The molecule has 0 fully saturated rings. The number of amides is 1. The van der Waals surface area contributed by atoms with Gasteiger partial charge in [-0.1, -0.05) is 11.3 Å². The molecule has 0 spiro atoms. The maximum Gasteiger partial charge on any atom is 0.337 e. The summed E-state index contributed by atoms with van der Waals surface area (Å²) < 4.78 is 13.3. The molecule has 0 unspecified atom stereocenters. The molecule has 2 heterocycles. The van der Waals surface area contributed by atoms with Gasteiger partial charge < -0.3 is 14.0 Å². The highest BCUT2D eigenvalue weighted by Crippen LogP contribution is 2.20. The summed E-state index contributed by atoms with van der Waals surface area (Å²) in [6, 6.07) is 6.53. The number of esters is 2. The van der Waals surface area contributed by atoms with Gasteiger partial charge in [-0.05, 0) is 31.2 Å². The highest BCUT2D eigenvalue weighted by atomic mass is 32.1. The molecule has 1 aromatic carbocycles. The zero-order chi connectivity index (χ0) is 20.4. The van der Waals surface area contributed by atoms with Crippen molar-refractivity contribution in [3.8, 4) is 0 Å². The van der Waals surface area contributed by atoms with Crippen LogP contribution in [0.2, 0.25) is 0 Å². The van der Waals surface area contributed by atoms with Crippen LogP contribution in [0.25, 0.3) is 10.2 Å². The quantitative estimate of drug-likeness (QED) is 0.612. The molecule has 0 radical (unpaired) electrons. The minimum Gasteiger partial charge on any atom is -0.468 e. The molecule has 0 bridgehead atoms. The third-order valence-electron chi connectivity index (χ3n) is 4.15. The van der Waals surface area contributed by atoms with Crippen LogP contribution in [0.15, 0.2) is 29.3 Å². The van der Waals surface area contributed by atoms with Gasteiger partial charge >= 0.3 is 11.9 Å². The number of aryl methyl sites for hydroxylation is 2. The molecule has 3 rings (SSSR count). The standard InChI is InChI=1S/C18H18N4O5S/c1-10-7-12(20-21(10)2)16(24)19-18-22(9-15(23)26-3)13-6-5-11(17(25)27-4)8-14(13)28-18/h5-8H,9H2,1-4H3. The average Bonchev–Trinajstić information content (AvgIpc) is 3.20. The van der Waals surface area contributed by atoms with E-state index >= 15 is 0 Å². The van der Waals surface area contributed by atoms with Crippen LogP contribution in [0.1, 0.15) is 26.5 Å². The summed E-state index contributed by atoms with van der Waals surface area (Å²) in [7, 11) is 4.31. The summed E-state index contributed by atoms with van der Waals surface area (Å²) in [5, 5.41) is 4.13. The minimum atomic E-state index is -0.526. The number of benzene rings is 1. The second-order valence-corrected chi connectivity index (χ2v) is 6.94. The fraction of sp³-hybridized carbons (Fsp3) is 0.278. The summed E-state index contributed by atoms with van der Waals surface area (Å²) in [6.45, 7) is 1.70. The van der Waals surface area contributed by atoms with Gasteiger partial charge in [0.1, 0.15) is 6.54 Å². The van der Waals surface area contributed by atoms with E-state index < -0.39 is 17.8 Å². The third kappa shape index (κ3) is 3.72. The molecule has 0 aliphatic carbocycles. The number of carbonyl (C=O) groups excluding carboxylic acids is 3. The van der Waals surface area contributed by atoms with Crippen LogP contribution in [0, 0.1) is 6.92 Å². The molecule has 0 aliphatic rings. The Hall–Kier alpha value is -3.27. The normalized spacial score (nSPS) is 11.6. The van der Waals surface area contributed by atoms with Gasteiger partial charge in [-0.15, -0.1) is 0 Å². The maximum atomic E-state index is 12.5. The van der Waals surface area contributed by atoms with Crippen molar-refractivity contribution in [1.82, 2.24) is 14.3 Å². The maximum absolute atomic E-state index is 12.5. The second kappa shape index (κ2) is 7.77. The Morgan fingerprint density at radius 3 is 2.54 bits per heavy atom. The van der Waals surface area contributed by atoms with Crippen molar-refractivity contribution in [2.45, 2.75) is 13.5 Å². The molecule has 0 N–H and O–H groups in total. The Labute approximate surface area is 163 Å². The first kappa shape index (κ1) is 19.5. The van der Waals surface area contributed by atoms with Gasteiger partial charge in [-0.3, -0.25) is 14.3 Å². The number of hydrogen-bond acceptors (Lipinski definition) is 7. The Kier molecular flexibility index (Phi) is 5.41. The molecule has 0 aliphatic heterocycles. The first-order valence-electron chi connectivity index (χ1n) is 8.22. The van der Waals surface area contributed by atoms with E-state index in [9.17, 15) is 14.4 Å². The van der Waals surface area contributed by atoms with Crippen molar-refractivity contribution in [1.29, 1.82) is 0 Å². The molecule has 9 nitrogen and oxygen atoms in total. The van der Waals surface area contributed by atoms with Gasteiger partial charge in [-0.2, -0.15) is 10.1 Å². The van der Waals surface area contributed by atoms with Gasteiger partial charge in [0.25, 0.3) is 5.91 Å². The zero-order valence-electron chi connectivity index (χ0n) is 15.8. The van der Waals surface area contributed by atoms with Crippen LogP contribution in [0.3, 0.4) is 0 Å². The number of methoxy groups -OCH3 is 2. The van der Waals surface area contributed by atoms with E-state index in [2.05, 4.69) is 10.1 Å². The Balaban J connectivity index is 2.15. The first-order chi connectivity index (χ1) is 13.3. The molecule has 10 heteroatoms. The third-order valence-corrected chi connectivity index (χ3v) is 5.19. The lowest BCUT2D eigenvalue weighted by molar-refractivity contribution is -0.141. The molecule has 0 atom stereocenters. The lowest BCUT2D eigenvalue weighted by atomic mass is 10.2. The van der Waals surface area contributed by atoms with E-state index in [1.165, 1.54) is 25.6 Å². The molecule has 0 saturated carbocycles. The summed E-state index contributed by atoms with van der Waals surface area (Å²) in [6.07, 6.45) is 0. The highest BCUT2D eigenvalue weighted by molar-refractivity contribution is 7.16. The number of carbonyl (C=O) groups is 3. The topological polar surface area (TPSA) is 105 Å². The van der Waals surface area contributed by atoms with Crippen molar-refractivity contribution >= 4 is 39.4 Å². The van der Waals surface area contributed by atoms with Gasteiger partial charge in [0.2, 0.25) is 0 Å². The largest absolute Gasteiger partial charge is 0.468 e. The highest BCUT2D eigenvalue weighted by Gasteiger charge is 2.16. The van der Waals surface area contributed by atoms with Crippen LogP contribution in [0.4, 0.5) is 0 Å². The summed E-state index contributed by atoms with van der Waals surface area (Å²) >= 11 is 1.18. The van der Waals surface area contributed by atoms with E-state index in [1.54, 1.807) is 40.6 Å². The van der Waals surface area contributed by atoms with Gasteiger partial charge in [0.15, 0.2) is 10.5 Å². The Bertz CT molecular complexity index is 1140. The monoisotopic (exact) mass is 402 g/mol. The number of thiazole rings is 1. The fourth-order valence-corrected chi connectivity index (χ4v) is 3.63. The predicted molar refractivity (Wildman–Crippen MR) is 101 cm³/mol. The summed E-state index contributed by atoms with van der Waals surface area (Å²) in [4.78, 5) is 40.6. The van der Waals surface area contributed by atoms with Crippen LogP contribution in [0.5, 0.6) is 0 Å². The average molecular weight is 402 g/mol. The number of ether oxygens (including phenoxy) is 2. The fourth-order valence-electron chi connectivity index (χ4n) is 2.56. The lowest BCUT2D eigenvalue weighted by Gasteiger charge is -2.04. The molecule has 2 aromatic heterocycles. The second-order valence-electron chi connectivity index (χ2n) is 5.93. The molecular weight excluding hydrogens is 384 g/mol. The Morgan fingerprint density at radius 2 is 1.93 bits per heavy atom.